The molecule has 0 unspecified atom stereocenters. The second-order valence-corrected chi connectivity index (χ2v) is 6.24. The quantitative estimate of drug-likeness (QED) is 0.842. The molecule has 0 saturated heterocycles. The van der Waals surface area contributed by atoms with Gasteiger partial charge in [-0.1, -0.05) is 44.2 Å². The van der Waals surface area contributed by atoms with E-state index in [1.54, 1.807) is 0 Å². The van der Waals surface area contributed by atoms with Gasteiger partial charge in [-0.05, 0) is 44.4 Å². The van der Waals surface area contributed by atoms with Crippen molar-refractivity contribution < 1.29 is 4.74 Å². The van der Waals surface area contributed by atoms with E-state index < -0.39 is 0 Å². The van der Waals surface area contributed by atoms with Crippen molar-refractivity contribution >= 4 is 0 Å². The van der Waals surface area contributed by atoms with Crippen molar-refractivity contribution in [2.24, 2.45) is 0 Å². The van der Waals surface area contributed by atoms with E-state index in [4.69, 9.17) is 4.74 Å². The lowest BCUT2D eigenvalue weighted by Crippen LogP contribution is -2.29. The third kappa shape index (κ3) is 5.54. The minimum atomic E-state index is 0.240. The van der Waals surface area contributed by atoms with Crippen LogP contribution in [0.15, 0.2) is 24.3 Å². The minimum Gasteiger partial charge on any atom is -0.491 e. The summed E-state index contributed by atoms with van der Waals surface area (Å²) in [7, 11) is 0. The number of ether oxygens (including phenoxy) is 1. The van der Waals surface area contributed by atoms with Crippen LogP contribution in [0.5, 0.6) is 5.75 Å². The monoisotopic (exact) mass is 275 g/mol. The van der Waals surface area contributed by atoms with E-state index in [0.29, 0.717) is 6.04 Å². The van der Waals surface area contributed by atoms with Crippen LogP contribution in [0.2, 0.25) is 0 Å². The summed E-state index contributed by atoms with van der Waals surface area (Å²) in [5.41, 5.74) is 1.32. The molecule has 0 bridgehead atoms. The number of nitrogens with one attached hydrogen (secondary N) is 1. The molecule has 2 nitrogen and oxygen atoms in total. The first kappa shape index (κ1) is 15.4. The summed E-state index contributed by atoms with van der Waals surface area (Å²) in [6.45, 7) is 5.10. The van der Waals surface area contributed by atoms with E-state index in [1.807, 2.05) is 6.07 Å². The van der Waals surface area contributed by atoms with Crippen LogP contribution in [0, 0.1) is 0 Å². The molecule has 1 aliphatic carbocycles. The van der Waals surface area contributed by atoms with Crippen LogP contribution >= 0.6 is 0 Å². The first-order valence-electron chi connectivity index (χ1n) is 8.23. The van der Waals surface area contributed by atoms with Gasteiger partial charge in [0.05, 0.1) is 6.10 Å². The van der Waals surface area contributed by atoms with Gasteiger partial charge in [-0.2, -0.15) is 0 Å². The SMILES string of the molecule is CC(C)Oc1cccc(CNC2CCCCCCC2)c1. The average Bonchev–Trinajstić information content (AvgIpc) is 2.37. The minimum absolute atomic E-state index is 0.240. The van der Waals surface area contributed by atoms with Gasteiger partial charge in [-0.15, -0.1) is 0 Å². The summed E-state index contributed by atoms with van der Waals surface area (Å²) in [4.78, 5) is 0. The maximum absolute atomic E-state index is 5.76. The topological polar surface area (TPSA) is 21.3 Å². The molecule has 0 aliphatic heterocycles. The molecule has 1 fully saturated rings. The summed E-state index contributed by atoms with van der Waals surface area (Å²) in [5.74, 6) is 0.983. The van der Waals surface area contributed by atoms with Gasteiger partial charge in [-0.25, -0.2) is 0 Å². The first-order chi connectivity index (χ1) is 9.74. The zero-order valence-corrected chi connectivity index (χ0v) is 13.0. The molecule has 0 amide bonds. The van der Waals surface area contributed by atoms with Gasteiger partial charge in [0.1, 0.15) is 5.75 Å². The van der Waals surface area contributed by atoms with Gasteiger partial charge in [0.2, 0.25) is 0 Å². The lowest BCUT2D eigenvalue weighted by atomic mass is 9.96. The second-order valence-electron chi connectivity index (χ2n) is 6.24. The Kier molecular flexibility index (Phi) is 6.38. The van der Waals surface area contributed by atoms with Crippen LogP contribution in [0.25, 0.3) is 0 Å². The van der Waals surface area contributed by atoms with Gasteiger partial charge >= 0.3 is 0 Å². The van der Waals surface area contributed by atoms with Crippen molar-refractivity contribution in [2.45, 2.75) is 77.5 Å². The summed E-state index contributed by atoms with van der Waals surface area (Å²) >= 11 is 0. The molecule has 2 rings (SSSR count). The van der Waals surface area contributed by atoms with E-state index >= 15 is 0 Å². The molecule has 1 aromatic rings. The fraction of sp³-hybridized carbons (Fsp3) is 0.667. The molecular formula is C18H29NO. The first-order valence-corrected chi connectivity index (χ1v) is 8.23. The molecule has 0 heterocycles. The van der Waals surface area contributed by atoms with Gasteiger partial charge in [0.25, 0.3) is 0 Å². The third-order valence-corrected chi connectivity index (χ3v) is 3.97. The molecule has 0 radical (unpaired) electrons. The summed E-state index contributed by atoms with van der Waals surface area (Å²) in [5, 5.41) is 3.73. The summed E-state index contributed by atoms with van der Waals surface area (Å²) in [6, 6.07) is 9.18. The molecule has 112 valence electrons. The van der Waals surface area contributed by atoms with Crippen molar-refractivity contribution in [3.8, 4) is 5.75 Å². The zero-order chi connectivity index (χ0) is 14.2. The maximum Gasteiger partial charge on any atom is 0.120 e. The molecule has 0 aromatic heterocycles. The fourth-order valence-electron chi connectivity index (χ4n) is 2.92. The molecule has 1 N–H and O–H groups in total. The molecule has 1 saturated carbocycles. The van der Waals surface area contributed by atoms with E-state index in [9.17, 15) is 0 Å². The Morgan fingerprint density at radius 1 is 1.10 bits per heavy atom. The molecule has 0 spiro atoms. The van der Waals surface area contributed by atoms with Crippen LogP contribution in [-0.2, 0) is 6.54 Å². The van der Waals surface area contributed by atoms with Crippen molar-refractivity contribution in [2.75, 3.05) is 0 Å². The Balaban J connectivity index is 1.82. The van der Waals surface area contributed by atoms with Crippen LogP contribution < -0.4 is 10.1 Å². The van der Waals surface area contributed by atoms with E-state index in [0.717, 1.165) is 12.3 Å². The standard InChI is InChI=1S/C18H29NO/c1-15(2)20-18-12-8-9-16(13-18)14-19-17-10-6-4-3-5-7-11-17/h8-9,12-13,15,17,19H,3-7,10-11,14H2,1-2H3. The zero-order valence-electron chi connectivity index (χ0n) is 13.0. The van der Waals surface area contributed by atoms with Crippen molar-refractivity contribution in [1.29, 1.82) is 0 Å². The largest absolute Gasteiger partial charge is 0.491 e. The van der Waals surface area contributed by atoms with Crippen molar-refractivity contribution in [3.63, 3.8) is 0 Å². The smallest absolute Gasteiger partial charge is 0.120 e. The molecule has 1 aromatic carbocycles. The highest BCUT2D eigenvalue weighted by atomic mass is 16.5. The van der Waals surface area contributed by atoms with Crippen LogP contribution in [0.1, 0.15) is 64.4 Å². The molecule has 0 atom stereocenters. The lowest BCUT2D eigenvalue weighted by molar-refractivity contribution is 0.242. The molecule has 1 aliphatic rings. The number of benzene rings is 1. The van der Waals surface area contributed by atoms with Crippen LogP contribution in [0.4, 0.5) is 0 Å². The van der Waals surface area contributed by atoms with Crippen LogP contribution in [0.3, 0.4) is 0 Å². The highest BCUT2D eigenvalue weighted by molar-refractivity contribution is 5.28. The summed E-state index contributed by atoms with van der Waals surface area (Å²) < 4.78 is 5.76. The number of rotatable bonds is 5. The van der Waals surface area contributed by atoms with E-state index in [2.05, 4.69) is 37.4 Å². The molecular weight excluding hydrogens is 246 g/mol. The number of hydrogen-bond donors (Lipinski definition) is 1. The van der Waals surface area contributed by atoms with Crippen LogP contribution in [-0.4, -0.2) is 12.1 Å². The van der Waals surface area contributed by atoms with E-state index in [-0.39, 0.29) is 6.10 Å². The second kappa shape index (κ2) is 8.31. The van der Waals surface area contributed by atoms with Gasteiger partial charge < -0.3 is 10.1 Å². The normalized spacial score (nSPS) is 17.8. The summed E-state index contributed by atoms with van der Waals surface area (Å²) in [6.07, 6.45) is 9.93. The van der Waals surface area contributed by atoms with Gasteiger partial charge in [0.15, 0.2) is 0 Å². The fourth-order valence-corrected chi connectivity index (χ4v) is 2.92. The predicted octanol–water partition coefficient (Wildman–Crippen LogP) is 4.68. The predicted molar refractivity (Wildman–Crippen MR) is 85.2 cm³/mol. The molecule has 2 heteroatoms. The van der Waals surface area contributed by atoms with Crippen molar-refractivity contribution in [1.82, 2.24) is 5.32 Å². The Labute approximate surface area is 123 Å². The Hall–Kier alpha value is -1.02. The lowest BCUT2D eigenvalue weighted by Gasteiger charge is -2.21. The van der Waals surface area contributed by atoms with E-state index in [1.165, 1.54) is 50.5 Å². The number of hydrogen-bond acceptors (Lipinski definition) is 2. The third-order valence-electron chi connectivity index (χ3n) is 3.97. The maximum atomic E-state index is 5.76. The highest BCUT2D eigenvalue weighted by Crippen LogP contribution is 2.19. The van der Waals surface area contributed by atoms with Gasteiger partial charge in [-0.3, -0.25) is 0 Å². The Morgan fingerprint density at radius 2 is 1.80 bits per heavy atom. The Morgan fingerprint density at radius 3 is 2.50 bits per heavy atom. The van der Waals surface area contributed by atoms with Crippen molar-refractivity contribution in [3.05, 3.63) is 29.8 Å². The average molecular weight is 275 g/mol. The Bertz CT molecular complexity index is 381. The van der Waals surface area contributed by atoms with Gasteiger partial charge in [0, 0.05) is 12.6 Å². The highest BCUT2D eigenvalue weighted by Gasteiger charge is 2.10. The molecule has 20 heavy (non-hydrogen) atoms.